The van der Waals surface area contributed by atoms with Gasteiger partial charge in [0.1, 0.15) is 0 Å². The molecular weight excluding hydrogens is 376 g/mol. The monoisotopic (exact) mass is 402 g/mol. The van der Waals surface area contributed by atoms with Gasteiger partial charge in [-0.05, 0) is 36.2 Å². The van der Waals surface area contributed by atoms with Crippen LogP contribution in [0.1, 0.15) is 37.6 Å². The first-order chi connectivity index (χ1) is 15.2. The van der Waals surface area contributed by atoms with Crippen molar-refractivity contribution in [3.8, 4) is 0 Å². The van der Waals surface area contributed by atoms with Crippen molar-refractivity contribution >= 4 is 28.0 Å². The van der Waals surface area contributed by atoms with Crippen molar-refractivity contribution in [3.63, 3.8) is 0 Å². The molecule has 0 saturated heterocycles. The topological polar surface area (TPSA) is 8.17 Å². The van der Waals surface area contributed by atoms with Crippen LogP contribution in [-0.2, 0) is 5.41 Å². The summed E-state index contributed by atoms with van der Waals surface area (Å²) in [7, 11) is 0. The highest BCUT2D eigenvalue weighted by Gasteiger charge is 2.42. The lowest BCUT2D eigenvalue weighted by Gasteiger charge is -2.42. The van der Waals surface area contributed by atoms with Crippen LogP contribution in [-0.4, -0.2) is 4.57 Å². The van der Waals surface area contributed by atoms with Gasteiger partial charge in [0.15, 0.2) is 0 Å². The Morgan fingerprint density at radius 1 is 0.806 bits per heavy atom. The summed E-state index contributed by atoms with van der Waals surface area (Å²) in [6.45, 7) is 4.76. The molecule has 2 nitrogen and oxygen atoms in total. The predicted molar refractivity (Wildman–Crippen MR) is 131 cm³/mol. The average molecular weight is 403 g/mol. The molecule has 4 aromatic rings. The van der Waals surface area contributed by atoms with E-state index in [0.717, 1.165) is 6.42 Å². The molecule has 0 spiro atoms. The SMILES string of the molecule is CC1(C)c2ccccc2N(c2ccccc2)c2c1n(C1C=CC=CC1)c1ccccc21. The molecule has 0 radical (unpaired) electrons. The van der Waals surface area contributed by atoms with Crippen LogP contribution in [0, 0.1) is 0 Å². The fourth-order valence-corrected chi connectivity index (χ4v) is 5.46. The van der Waals surface area contributed by atoms with Gasteiger partial charge >= 0.3 is 0 Å². The maximum absolute atomic E-state index is 2.59. The van der Waals surface area contributed by atoms with Gasteiger partial charge in [-0.3, -0.25) is 0 Å². The minimum absolute atomic E-state index is 0.120. The molecule has 2 heteroatoms. The highest BCUT2D eigenvalue weighted by molar-refractivity contribution is 6.03. The van der Waals surface area contributed by atoms with Crippen LogP contribution in [0.4, 0.5) is 17.1 Å². The predicted octanol–water partition coefficient (Wildman–Crippen LogP) is 7.81. The second-order valence-electron chi connectivity index (χ2n) is 9.01. The Morgan fingerprint density at radius 3 is 2.35 bits per heavy atom. The fraction of sp³-hybridized carbons (Fsp3) is 0.172. The normalized spacial score (nSPS) is 18.8. The van der Waals surface area contributed by atoms with Gasteiger partial charge in [0, 0.05) is 16.5 Å². The van der Waals surface area contributed by atoms with E-state index in [0.29, 0.717) is 6.04 Å². The molecule has 0 fully saturated rings. The average Bonchev–Trinajstić information content (AvgIpc) is 3.17. The van der Waals surface area contributed by atoms with E-state index in [2.05, 4.69) is 126 Å². The molecular formula is C29H26N2. The number of hydrogen-bond donors (Lipinski definition) is 0. The number of allylic oxidation sites excluding steroid dienone is 4. The Bertz CT molecular complexity index is 1340. The summed E-state index contributed by atoms with van der Waals surface area (Å²) >= 11 is 0. The minimum Gasteiger partial charge on any atom is -0.334 e. The molecule has 1 aromatic heterocycles. The zero-order chi connectivity index (χ0) is 21.0. The van der Waals surface area contributed by atoms with Crippen molar-refractivity contribution in [2.75, 3.05) is 4.90 Å². The van der Waals surface area contributed by atoms with E-state index < -0.39 is 0 Å². The highest BCUT2D eigenvalue weighted by Crippen LogP contribution is 2.56. The van der Waals surface area contributed by atoms with Crippen LogP contribution < -0.4 is 4.90 Å². The van der Waals surface area contributed by atoms with Crippen LogP contribution in [0.15, 0.2) is 103 Å². The smallest absolute Gasteiger partial charge is 0.0759 e. The fourth-order valence-electron chi connectivity index (χ4n) is 5.46. The lowest BCUT2D eigenvalue weighted by molar-refractivity contribution is 0.520. The zero-order valence-corrected chi connectivity index (χ0v) is 18.0. The van der Waals surface area contributed by atoms with Crippen molar-refractivity contribution in [3.05, 3.63) is 114 Å². The lowest BCUT2D eigenvalue weighted by Crippen LogP contribution is -2.33. The van der Waals surface area contributed by atoms with Gasteiger partial charge in [-0.2, -0.15) is 0 Å². The summed E-state index contributed by atoms with van der Waals surface area (Å²) < 4.78 is 2.59. The first-order valence-corrected chi connectivity index (χ1v) is 11.1. The third-order valence-corrected chi connectivity index (χ3v) is 6.82. The van der Waals surface area contributed by atoms with E-state index in [1.54, 1.807) is 0 Å². The highest BCUT2D eigenvalue weighted by atomic mass is 15.2. The summed E-state index contributed by atoms with van der Waals surface area (Å²) in [5.41, 5.74) is 7.73. The van der Waals surface area contributed by atoms with Crippen LogP contribution in [0.2, 0.25) is 0 Å². The molecule has 1 atom stereocenters. The molecule has 0 saturated carbocycles. The van der Waals surface area contributed by atoms with E-state index in [1.165, 1.54) is 39.2 Å². The van der Waals surface area contributed by atoms with E-state index in [1.807, 2.05) is 0 Å². The number of rotatable bonds is 2. The van der Waals surface area contributed by atoms with Crippen LogP contribution in [0.3, 0.4) is 0 Å². The number of anilines is 3. The van der Waals surface area contributed by atoms with Gasteiger partial charge in [-0.15, -0.1) is 0 Å². The molecule has 0 bridgehead atoms. The number of hydrogen-bond acceptors (Lipinski definition) is 1. The van der Waals surface area contributed by atoms with Gasteiger partial charge in [-0.1, -0.05) is 92.7 Å². The maximum atomic E-state index is 2.59. The summed E-state index contributed by atoms with van der Waals surface area (Å²) in [5, 5.41) is 1.31. The van der Waals surface area contributed by atoms with E-state index in [-0.39, 0.29) is 5.41 Å². The second kappa shape index (κ2) is 6.75. The van der Waals surface area contributed by atoms with Crippen LogP contribution >= 0.6 is 0 Å². The molecule has 0 amide bonds. The molecule has 1 aliphatic heterocycles. The van der Waals surface area contributed by atoms with Gasteiger partial charge in [0.2, 0.25) is 0 Å². The van der Waals surface area contributed by atoms with Crippen molar-refractivity contribution in [2.24, 2.45) is 0 Å². The Hall–Kier alpha value is -3.52. The standard InChI is InChI=1S/C29H26N2/c1-29(2)24-18-10-12-20-26(24)30(21-13-5-3-6-14-21)27-23-17-9-11-19-25(23)31(28(27)29)22-15-7-4-8-16-22/h3-15,17-20,22H,16H2,1-2H3. The number of nitrogens with zero attached hydrogens (tertiary/aromatic N) is 2. The van der Waals surface area contributed by atoms with Gasteiger partial charge in [-0.25, -0.2) is 0 Å². The molecule has 2 heterocycles. The quantitative estimate of drug-likeness (QED) is 0.332. The Labute approximate surface area is 183 Å². The Morgan fingerprint density at radius 2 is 1.55 bits per heavy atom. The second-order valence-corrected chi connectivity index (χ2v) is 9.01. The van der Waals surface area contributed by atoms with Crippen molar-refractivity contribution in [1.29, 1.82) is 0 Å². The number of benzene rings is 3. The van der Waals surface area contributed by atoms with Crippen LogP contribution in [0.5, 0.6) is 0 Å². The Balaban J connectivity index is 1.76. The van der Waals surface area contributed by atoms with Crippen molar-refractivity contribution in [1.82, 2.24) is 4.57 Å². The molecule has 1 aliphatic carbocycles. The lowest BCUT2D eigenvalue weighted by atomic mass is 9.76. The molecule has 152 valence electrons. The number of para-hydroxylation sites is 3. The van der Waals surface area contributed by atoms with E-state index >= 15 is 0 Å². The van der Waals surface area contributed by atoms with Crippen molar-refractivity contribution < 1.29 is 0 Å². The van der Waals surface area contributed by atoms with Gasteiger partial charge in [0.25, 0.3) is 0 Å². The number of aromatic nitrogens is 1. The van der Waals surface area contributed by atoms with E-state index in [9.17, 15) is 0 Å². The molecule has 6 rings (SSSR count). The molecule has 3 aromatic carbocycles. The third kappa shape index (κ3) is 2.58. The maximum Gasteiger partial charge on any atom is 0.0759 e. The summed E-state index contributed by atoms with van der Waals surface area (Å²) in [6.07, 6.45) is 9.99. The molecule has 0 N–H and O–H groups in total. The zero-order valence-electron chi connectivity index (χ0n) is 18.0. The number of fused-ring (bicyclic) bond motifs is 4. The summed E-state index contributed by atoms with van der Waals surface area (Å²) in [5.74, 6) is 0. The summed E-state index contributed by atoms with van der Waals surface area (Å²) in [6, 6.07) is 28.9. The largest absolute Gasteiger partial charge is 0.334 e. The van der Waals surface area contributed by atoms with Gasteiger partial charge < -0.3 is 9.47 Å². The molecule has 1 unspecified atom stereocenters. The van der Waals surface area contributed by atoms with Crippen LogP contribution in [0.25, 0.3) is 10.9 Å². The summed E-state index contributed by atoms with van der Waals surface area (Å²) in [4.78, 5) is 2.47. The van der Waals surface area contributed by atoms with Gasteiger partial charge in [0.05, 0.1) is 28.6 Å². The third-order valence-electron chi connectivity index (χ3n) is 6.82. The van der Waals surface area contributed by atoms with Crippen molar-refractivity contribution in [2.45, 2.75) is 31.7 Å². The molecule has 31 heavy (non-hydrogen) atoms. The minimum atomic E-state index is -0.120. The van der Waals surface area contributed by atoms with E-state index in [4.69, 9.17) is 0 Å². The first kappa shape index (κ1) is 18.3. The molecule has 2 aliphatic rings. The Kier molecular flexibility index (Phi) is 3.97. The first-order valence-electron chi connectivity index (χ1n) is 11.1.